The van der Waals surface area contributed by atoms with Gasteiger partial charge in [0, 0.05) is 18.8 Å². The Labute approximate surface area is 130 Å². The second-order valence-electron chi connectivity index (χ2n) is 7.31. The second kappa shape index (κ2) is 6.51. The van der Waals surface area contributed by atoms with Crippen molar-refractivity contribution >= 4 is 14.0 Å². The molecule has 1 fully saturated rings. The van der Waals surface area contributed by atoms with Crippen LogP contribution >= 0.6 is 0 Å². The molecule has 0 amide bonds. The van der Waals surface area contributed by atoms with E-state index in [2.05, 4.69) is 63.0 Å². The molecule has 0 atom stereocenters. The minimum atomic E-state index is -1.66. The van der Waals surface area contributed by atoms with Gasteiger partial charge in [0.05, 0.1) is 19.8 Å². The van der Waals surface area contributed by atoms with Crippen LogP contribution in [0.25, 0.3) is 0 Å². The molecule has 4 heteroatoms. The molecule has 1 aromatic carbocycles. The van der Waals surface area contributed by atoms with Gasteiger partial charge in [-0.25, -0.2) is 0 Å². The maximum absolute atomic E-state index is 6.27. The van der Waals surface area contributed by atoms with E-state index in [9.17, 15) is 0 Å². The number of benzene rings is 1. The van der Waals surface area contributed by atoms with Gasteiger partial charge in [-0.3, -0.25) is 0 Å². The third kappa shape index (κ3) is 4.31. The van der Waals surface area contributed by atoms with Crippen LogP contribution in [-0.4, -0.2) is 34.6 Å². The first kappa shape index (κ1) is 16.5. The SMILES string of the molecule is CC(C)(C)[Si](C)(C)OCc1ccc(N2CCOCC2)cc1. The first-order valence-corrected chi connectivity index (χ1v) is 10.8. The largest absolute Gasteiger partial charge is 0.413 e. The van der Waals surface area contributed by atoms with Gasteiger partial charge in [-0.1, -0.05) is 32.9 Å². The number of morpholine rings is 1. The van der Waals surface area contributed by atoms with Crippen LogP contribution in [0, 0.1) is 0 Å². The summed E-state index contributed by atoms with van der Waals surface area (Å²) in [7, 11) is -1.66. The van der Waals surface area contributed by atoms with E-state index in [4.69, 9.17) is 9.16 Å². The molecule has 3 nitrogen and oxygen atoms in total. The third-order valence-corrected chi connectivity index (χ3v) is 9.20. The lowest BCUT2D eigenvalue weighted by Crippen LogP contribution is -2.40. The highest BCUT2D eigenvalue weighted by Crippen LogP contribution is 2.37. The number of hydrogen-bond donors (Lipinski definition) is 0. The van der Waals surface area contributed by atoms with Gasteiger partial charge in [0.1, 0.15) is 0 Å². The summed E-state index contributed by atoms with van der Waals surface area (Å²) >= 11 is 0. The van der Waals surface area contributed by atoms with E-state index in [1.807, 2.05) is 0 Å². The van der Waals surface area contributed by atoms with Gasteiger partial charge in [0.15, 0.2) is 8.32 Å². The quantitative estimate of drug-likeness (QED) is 0.784. The number of hydrogen-bond acceptors (Lipinski definition) is 3. The van der Waals surface area contributed by atoms with Crippen LogP contribution in [0.4, 0.5) is 5.69 Å². The molecule has 1 saturated heterocycles. The highest BCUT2D eigenvalue weighted by atomic mass is 28.4. The van der Waals surface area contributed by atoms with Crippen molar-refractivity contribution in [1.29, 1.82) is 0 Å². The predicted octanol–water partition coefficient (Wildman–Crippen LogP) is 4.05. The van der Waals surface area contributed by atoms with E-state index in [0.29, 0.717) is 0 Å². The van der Waals surface area contributed by atoms with Crippen molar-refractivity contribution in [2.75, 3.05) is 31.2 Å². The Morgan fingerprint density at radius 3 is 2.19 bits per heavy atom. The summed E-state index contributed by atoms with van der Waals surface area (Å²) in [5.74, 6) is 0. The molecule has 2 rings (SSSR count). The Morgan fingerprint density at radius 2 is 1.67 bits per heavy atom. The fourth-order valence-corrected chi connectivity index (χ4v) is 3.07. The van der Waals surface area contributed by atoms with Crippen molar-refractivity contribution in [1.82, 2.24) is 0 Å². The fraction of sp³-hybridized carbons (Fsp3) is 0.647. The van der Waals surface area contributed by atoms with E-state index in [1.54, 1.807) is 0 Å². The number of rotatable bonds is 4. The standard InChI is InChI=1S/C17H29NO2Si/c1-17(2,3)21(4,5)20-14-15-6-8-16(9-7-15)18-10-12-19-13-11-18/h6-9H,10-14H2,1-5H3. The van der Waals surface area contributed by atoms with Gasteiger partial charge in [-0.05, 0) is 35.8 Å². The van der Waals surface area contributed by atoms with Crippen molar-refractivity contribution < 1.29 is 9.16 Å². The Bertz CT molecular complexity index is 445. The normalized spacial score (nSPS) is 17.1. The monoisotopic (exact) mass is 307 g/mol. The van der Waals surface area contributed by atoms with Crippen LogP contribution in [0.15, 0.2) is 24.3 Å². The molecule has 1 heterocycles. The van der Waals surface area contributed by atoms with Crippen LogP contribution in [0.1, 0.15) is 26.3 Å². The summed E-state index contributed by atoms with van der Waals surface area (Å²) in [4.78, 5) is 2.38. The van der Waals surface area contributed by atoms with E-state index in [-0.39, 0.29) is 5.04 Å². The maximum atomic E-state index is 6.27. The molecule has 0 aliphatic carbocycles. The Hall–Kier alpha value is -0.843. The van der Waals surface area contributed by atoms with Crippen molar-refractivity contribution in [2.45, 2.75) is 45.5 Å². The van der Waals surface area contributed by atoms with Crippen LogP contribution in [0.5, 0.6) is 0 Å². The molecule has 1 aromatic rings. The molecular weight excluding hydrogens is 278 g/mol. The average molecular weight is 308 g/mol. The fourth-order valence-electron chi connectivity index (χ4n) is 2.10. The molecule has 0 spiro atoms. The molecule has 0 unspecified atom stereocenters. The van der Waals surface area contributed by atoms with Gasteiger partial charge in [-0.15, -0.1) is 0 Å². The number of ether oxygens (including phenoxy) is 1. The summed E-state index contributed by atoms with van der Waals surface area (Å²) in [6.45, 7) is 15.8. The number of nitrogens with zero attached hydrogens (tertiary/aromatic N) is 1. The van der Waals surface area contributed by atoms with Crippen molar-refractivity contribution in [3.05, 3.63) is 29.8 Å². The molecule has 0 bridgehead atoms. The minimum Gasteiger partial charge on any atom is -0.413 e. The van der Waals surface area contributed by atoms with E-state index < -0.39 is 8.32 Å². The van der Waals surface area contributed by atoms with Crippen LogP contribution < -0.4 is 4.90 Å². The molecule has 118 valence electrons. The Morgan fingerprint density at radius 1 is 1.10 bits per heavy atom. The molecular formula is C17H29NO2Si. The van der Waals surface area contributed by atoms with E-state index >= 15 is 0 Å². The highest BCUT2D eigenvalue weighted by molar-refractivity contribution is 6.74. The van der Waals surface area contributed by atoms with Crippen molar-refractivity contribution in [3.8, 4) is 0 Å². The summed E-state index contributed by atoms with van der Waals surface area (Å²) in [6.07, 6.45) is 0. The molecule has 21 heavy (non-hydrogen) atoms. The lowest BCUT2D eigenvalue weighted by Gasteiger charge is -2.36. The second-order valence-corrected chi connectivity index (χ2v) is 12.1. The molecule has 0 aromatic heterocycles. The number of anilines is 1. The average Bonchev–Trinajstić information content (AvgIpc) is 2.45. The molecule has 0 saturated carbocycles. The Balaban J connectivity index is 1.93. The first-order chi connectivity index (χ1) is 9.79. The molecule has 0 radical (unpaired) electrons. The Kier molecular flexibility index (Phi) is 5.12. The van der Waals surface area contributed by atoms with Gasteiger partial charge >= 0.3 is 0 Å². The zero-order valence-electron chi connectivity index (χ0n) is 14.1. The van der Waals surface area contributed by atoms with Gasteiger partial charge < -0.3 is 14.1 Å². The van der Waals surface area contributed by atoms with Crippen LogP contribution in [0.3, 0.4) is 0 Å². The third-order valence-electron chi connectivity index (χ3n) is 4.72. The topological polar surface area (TPSA) is 21.7 Å². The van der Waals surface area contributed by atoms with Gasteiger partial charge in [0.2, 0.25) is 0 Å². The minimum absolute atomic E-state index is 0.265. The predicted molar refractivity (Wildman–Crippen MR) is 91.5 cm³/mol. The molecule has 1 aliphatic rings. The molecule has 1 aliphatic heterocycles. The van der Waals surface area contributed by atoms with Crippen molar-refractivity contribution in [3.63, 3.8) is 0 Å². The zero-order chi connectivity index (χ0) is 15.5. The highest BCUT2D eigenvalue weighted by Gasteiger charge is 2.36. The van der Waals surface area contributed by atoms with Crippen LogP contribution in [-0.2, 0) is 15.8 Å². The summed E-state index contributed by atoms with van der Waals surface area (Å²) in [5.41, 5.74) is 2.55. The van der Waals surface area contributed by atoms with Crippen molar-refractivity contribution in [2.24, 2.45) is 0 Å². The lowest BCUT2D eigenvalue weighted by molar-refractivity contribution is 0.122. The maximum Gasteiger partial charge on any atom is 0.192 e. The molecule has 0 N–H and O–H groups in total. The van der Waals surface area contributed by atoms with Gasteiger partial charge in [-0.2, -0.15) is 0 Å². The van der Waals surface area contributed by atoms with E-state index in [1.165, 1.54) is 11.3 Å². The van der Waals surface area contributed by atoms with E-state index in [0.717, 1.165) is 32.9 Å². The van der Waals surface area contributed by atoms with Gasteiger partial charge in [0.25, 0.3) is 0 Å². The smallest absolute Gasteiger partial charge is 0.192 e. The first-order valence-electron chi connectivity index (χ1n) is 7.85. The summed E-state index contributed by atoms with van der Waals surface area (Å²) < 4.78 is 11.7. The van der Waals surface area contributed by atoms with Crippen LogP contribution in [0.2, 0.25) is 18.1 Å². The lowest BCUT2D eigenvalue weighted by atomic mass is 10.2. The summed E-state index contributed by atoms with van der Waals surface area (Å²) in [6, 6.07) is 8.79. The zero-order valence-corrected chi connectivity index (χ0v) is 15.1. The summed E-state index contributed by atoms with van der Waals surface area (Å²) in [5, 5.41) is 0.265.